The molecule has 0 atom stereocenters. The molecule has 1 aromatic heterocycles. The molecule has 1 saturated heterocycles. The van der Waals surface area contributed by atoms with Crippen molar-refractivity contribution in [3.63, 3.8) is 0 Å². The van der Waals surface area contributed by atoms with Crippen molar-refractivity contribution in [2.45, 2.75) is 20.8 Å². The highest BCUT2D eigenvalue weighted by molar-refractivity contribution is 5.99. The third-order valence-corrected chi connectivity index (χ3v) is 3.60. The van der Waals surface area contributed by atoms with Crippen LogP contribution in [0.15, 0.2) is 12.1 Å². The fraction of sp³-hybridized carbons (Fsp3) is 0.600. The van der Waals surface area contributed by atoms with Gasteiger partial charge in [-0.1, -0.05) is 13.8 Å². The molecule has 5 nitrogen and oxygen atoms in total. The van der Waals surface area contributed by atoms with Crippen LogP contribution < -0.4 is 10.6 Å². The number of piperazine rings is 1. The van der Waals surface area contributed by atoms with Gasteiger partial charge in [0.05, 0.1) is 5.56 Å². The molecular formula is C15H25N5. The van der Waals surface area contributed by atoms with Gasteiger partial charge in [-0.15, -0.1) is 0 Å². The first-order valence-corrected chi connectivity index (χ1v) is 7.26. The Morgan fingerprint density at radius 1 is 1.30 bits per heavy atom. The Bertz CT molecular complexity index is 475. The first-order chi connectivity index (χ1) is 9.47. The summed E-state index contributed by atoms with van der Waals surface area (Å²) < 4.78 is 0. The van der Waals surface area contributed by atoms with E-state index in [4.69, 9.17) is 11.1 Å². The van der Waals surface area contributed by atoms with E-state index in [1.54, 1.807) is 0 Å². The number of nitrogens with two attached hydrogens (primary N) is 1. The average Bonchev–Trinajstić information content (AvgIpc) is 2.38. The van der Waals surface area contributed by atoms with E-state index in [1.165, 1.54) is 0 Å². The number of nitrogens with one attached hydrogen (secondary N) is 1. The molecule has 1 aromatic rings. The maximum Gasteiger partial charge on any atom is 0.139 e. The molecule has 0 bridgehead atoms. The van der Waals surface area contributed by atoms with Crippen molar-refractivity contribution in [2.24, 2.45) is 11.7 Å². The van der Waals surface area contributed by atoms with Gasteiger partial charge in [0.25, 0.3) is 0 Å². The molecule has 0 aliphatic carbocycles. The summed E-state index contributed by atoms with van der Waals surface area (Å²) in [6.45, 7) is 11.6. The van der Waals surface area contributed by atoms with Crippen molar-refractivity contribution in [1.82, 2.24) is 9.88 Å². The largest absolute Gasteiger partial charge is 0.384 e. The van der Waals surface area contributed by atoms with Crippen molar-refractivity contribution in [1.29, 1.82) is 5.41 Å². The number of rotatable bonds is 4. The van der Waals surface area contributed by atoms with Crippen LogP contribution in [-0.4, -0.2) is 48.4 Å². The molecule has 1 aliphatic heterocycles. The minimum Gasteiger partial charge on any atom is -0.384 e. The number of amidine groups is 1. The molecule has 0 aromatic carbocycles. The third-order valence-electron chi connectivity index (χ3n) is 3.60. The minimum atomic E-state index is 0.0945. The number of nitrogen functional groups attached to an aromatic ring is 1. The number of aromatic nitrogens is 1. The zero-order valence-electron chi connectivity index (χ0n) is 12.7. The van der Waals surface area contributed by atoms with Gasteiger partial charge in [0.1, 0.15) is 11.7 Å². The van der Waals surface area contributed by atoms with E-state index in [9.17, 15) is 0 Å². The molecule has 110 valence electrons. The number of hydrogen-bond acceptors (Lipinski definition) is 4. The van der Waals surface area contributed by atoms with Gasteiger partial charge in [-0.25, -0.2) is 4.98 Å². The van der Waals surface area contributed by atoms with Crippen LogP contribution in [0.5, 0.6) is 0 Å². The summed E-state index contributed by atoms with van der Waals surface area (Å²) in [7, 11) is 0. The minimum absolute atomic E-state index is 0.0945. The molecule has 0 saturated carbocycles. The Morgan fingerprint density at radius 3 is 2.50 bits per heavy atom. The first kappa shape index (κ1) is 14.8. The third kappa shape index (κ3) is 3.48. The second-order valence-electron chi connectivity index (χ2n) is 5.92. The van der Waals surface area contributed by atoms with Crippen molar-refractivity contribution >= 4 is 11.7 Å². The summed E-state index contributed by atoms with van der Waals surface area (Å²) >= 11 is 0. The Morgan fingerprint density at radius 2 is 1.95 bits per heavy atom. The molecule has 0 spiro atoms. The zero-order chi connectivity index (χ0) is 14.7. The predicted octanol–water partition coefficient (Wildman–Crippen LogP) is 1.45. The van der Waals surface area contributed by atoms with Gasteiger partial charge in [-0.05, 0) is 25.0 Å². The number of nitrogens with zero attached hydrogens (tertiary/aromatic N) is 3. The molecule has 3 N–H and O–H groups in total. The van der Waals surface area contributed by atoms with Gasteiger partial charge in [0.2, 0.25) is 0 Å². The summed E-state index contributed by atoms with van der Waals surface area (Å²) in [5.74, 6) is 1.66. The lowest BCUT2D eigenvalue weighted by atomic mass is 10.1. The van der Waals surface area contributed by atoms with E-state index in [1.807, 2.05) is 19.1 Å². The van der Waals surface area contributed by atoms with Gasteiger partial charge in [-0.3, -0.25) is 10.3 Å². The number of aryl methyl sites for hydroxylation is 1. The summed E-state index contributed by atoms with van der Waals surface area (Å²) in [4.78, 5) is 9.33. The van der Waals surface area contributed by atoms with E-state index < -0.39 is 0 Å². The van der Waals surface area contributed by atoms with Gasteiger partial charge in [0.15, 0.2) is 0 Å². The van der Waals surface area contributed by atoms with Crippen LogP contribution in [0.2, 0.25) is 0 Å². The number of pyridine rings is 1. The van der Waals surface area contributed by atoms with Gasteiger partial charge in [0, 0.05) is 38.4 Å². The standard InChI is InChI=1S/C15H25N5/c1-11(2)10-19-6-8-20(9-7-19)15-13(14(16)17)5-4-12(3)18-15/h4-5,11H,6-10H2,1-3H3,(H3,16,17). The van der Waals surface area contributed by atoms with Crippen molar-refractivity contribution < 1.29 is 0 Å². The molecular weight excluding hydrogens is 250 g/mol. The van der Waals surface area contributed by atoms with Gasteiger partial charge >= 0.3 is 0 Å². The smallest absolute Gasteiger partial charge is 0.139 e. The van der Waals surface area contributed by atoms with Crippen molar-refractivity contribution in [3.05, 3.63) is 23.4 Å². The Balaban J connectivity index is 2.10. The van der Waals surface area contributed by atoms with Crippen LogP contribution in [0.25, 0.3) is 0 Å². The van der Waals surface area contributed by atoms with Crippen molar-refractivity contribution in [2.75, 3.05) is 37.6 Å². The van der Waals surface area contributed by atoms with Crippen molar-refractivity contribution in [3.8, 4) is 0 Å². The van der Waals surface area contributed by atoms with Crippen LogP contribution in [0, 0.1) is 18.3 Å². The van der Waals surface area contributed by atoms with Crippen LogP contribution in [0.4, 0.5) is 5.82 Å². The Hall–Kier alpha value is -1.62. The quantitative estimate of drug-likeness (QED) is 0.644. The molecule has 1 aliphatic rings. The lowest BCUT2D eigenvalue weighted by molar-refractivity contribution is 0.231. The lowest BCUT2D eigenvalue weighted by Crippen LogP contribution is -2.48. The molecule has 1 fully saturated rings. The molecule has 0 amide bonds. The van der Waals surface area contributed by atoms with E-state index in [-0.39, 0.29) is 5.84 Å². The average molecular weight is 275 g/mol. The SMILES string of the molecule is Cc1ccc(C(=N)N)c(N2CCN(CC(C)C)CC2)n1. The van der Waals surface area contributed by atoms with E-state index in [0.29, 0.717) is 5.92 Å². The van der Waals surface area contributed by atoms with Gasteiger partial charge in [-0.2, -0.15) is 0 Å². The highest BCUT2D eigenvalue weighted by Crippen LogP contribution is 2.20. The van der Waals surface area contributed by atoms with Gasteiger partial charge < -0.3 is 10.6 Å². The normalized spacial score (nSPS) is 16.7. The molecule has 0 radical (unpaired) electrons. The maximum absolute atomic E-state index is 7.70. The first-order valence-electron chi connectivity index (χ1n) is 7.26. The monoisotopic (exact) mass is 275 g/mol. The molecule has 5 heteroatoms. The summed E-state index contributed by atoms with van der Waals surface area (Å²) in [5.41, 5.74) is 7.38. The maximum atomic E-state index is 7.70. The summed E-state index contributed by atoms with van der Waals surface area (Å²) in [5, 5.41) is 7.70. The fourth-order valence-corrected chi connectivity index (χ4v) is 2.65. The summed E-state index contributed by atoms with van der Waals surface area (Å²) in [6, 6.07) is 3.82. The molecule has 2 rings (SSSR count). The second-order valence-corrected chi connectivity index (χ2v) is 5.92. The van der Waals surface area contributed by atoms with Crippen LogP contribution in [-0.2, 0) is 0 Å². The van der Waals surface area contributed by atoms with Crippen LogP contribution >= 0.6 is 0 Å². The van der Waals surface area contributed by atoms with E-state index in [0.717, 1.165) is 49.8 Å². The highest BCUT2D eigenvalue weighted by Gasteiger charge is 2.21. The lowest BCUT2D eigenvalue weighted by Gasteiger charge is -2.36. The second kappa shape index (κ2) is 6.22. The molecule has 20 heavy (non-hydrogen) atoms. The Kier molecular flexibility index (Phi) is 4.60. The number of hydrogen-bond donors (Lipinski definition) is 2. The van der Waals surface area contributed by atoms with E-state index >= 15 is 0 Å². The predicted molar refractivity (Wildman–Crippen MR) is 83.5 cm³/mol. The summed E-state index contributed by atoms with van der Waals surface area (Å²) in [6.07, 6.45) is 0. The van der Waals surface area contributed by atoms with Crippen LogP contribution in [0.1, 0.15) is 25.1 Å². The Labute approximate surface area is 121 Å². The fourth-order valence-electron chi connectivity index (χ4n) is 2.65. The van der Waals surface area contributed by atoms with E-state index in [2.05, 4.69) is 28.6 Å². The highest BCUT2D eigenvalue weighted by atomic mass is 15.3. The number of anilines is 1. The molecule has 2 heterocycles. The zero-order valence-corrected chi connectivity index (χ0v) is 12.7. The van der Waals surface area contributed by atoms with Crippen LogP contribution in [0.3, 0.4) is 0 Å². The molecule has 0 unspecified atom stereocenters. The topological polar surface area (TPSA) is 69.2 Å².